The maximum Gasteiger partial charge on any atom is 0.0890 e. The van der Waals surface area contributed by atoms with Crippen molar-refractivity contribution in [2.45, 2.75) is 6.04 Å². The van der Waals surface area contributed by atoms with Gasteiger partial charge in [-0.15, -0.1) is 5.10 Å². The van der Waals surface area contributed by atoms with Crippen molar-refractivity contribution in [2.24, 2.45) is 0 Å². The number of hydrogen-bond acceptors (Lipinski definition) is 3. The van der Waals surface area contributed by atoms with Crippen molar-refractivity contribution in [3.05, 3.63) is 34.9 Å². The molecule has 0 unspecified atom stereocenters. The Labute approximate surface area is 102 Å². The third-order valence-corrected chi connectivity index (χ3v) is 3.35. The first kappa shape index (κ1) is 9.99. The molecule has 0 amide bonds. The molecule has 1 fully saturated rings. The van der Waals surface area contributed by atoms with Gasteiger partial charge in [0.1, 0.15) is 0 Å². The van der Waals surface area contributed by atoms with Crippen LogP contribution in [0.3, 0.4) is 0 Å². The predicted molar refractivity (Wildman–Crippen MR) is 65.1 cm³/mol. The summed E-state index contributed by atoms with van der Waals surface area (Å²) in [6.07, 6.45) is 1.82. The van der Waals surface area contributed by atoms with Crippen molar-refractivity contribution in [3.63, 3.8) is 0 Å². The summed E-state index contributed by atoms with van der Waals surface area (Å²) in [5.74, 6) is 0. The summed E-state index contributed by atoms with van der Waals surface area (Å²) in [5.41, 5.74) is 2.24. The van der Waals surface area contributed by atoms with Crippen LogP contribution in [-0.4, -0.2) is 28.1 Å². The van der Waals surface area contributed by atoms with Gasteiger partial charge < -0.3 is 5.32 Å². The Morgan fingerprint density at radius 1 is 1.25 bits per heavy atom. The molecule has 2 aromatic rings. The van der Waals surface area contributed by atoms with Crippen LogP contribution < -0.4 is 5.32 Å². The lowest BCUT2D eigenvalue weighted by Crippen LogP contribution is -2.44. The van der Waals surface area contributed by atoms with Crippen molar-refractivity contribution < 1.29 is 0 Å². The number of hydrogen-bond donors (Lipinski definition) is 1. The Balaban J connectivity index is 1.99. The minimum atomic E-state index is 0.446. The highest BCUT2D eigenvalue weighted by Gasteiger charge is 2.22. The van der Waals surface area contributed by atoms with E-state index >= 15 is 0 Å². The standard InChI is InChI=1S/C11H11BrN4/c12-9-3-1-8(2-4-9)11-7-14-15-16(11)10-5-13-6-10/h1-4,7,10,13H,5-6H2. The zero-order valence-electron chi connectivity index (χ0n) is 8.60. The highest BCUT2D eigenvalue weighted by Crippen LogP contribution is 2.24. The number of halogens is 1. The maximum atomic E-state index is 4.15. The highest BCUT2D eigenvalue weighted by atomic mass is 79.9. The van der Waals surface area contributed by atoms with E-state index in [4.69, 9.17) is 0 Å². The molecule has 1 aliphatic rings. The first-order valence-electron chi connectivity index (χ1n) is 5.21. The molecule has 2 heterocycles. The molecule has 82 valence electrons. The van der Waals surface area contributed by atoms with Crippen molar-refractivity contribution in [1.82, 2.24) is 20.3 Å². The molecule has 3 rings (SSSR count). The van der Waals surface area contributed by atoms with Crippen LogP contribution in [0.4, 0.5) is 0 Å². The number of benzene rings is 1. The van der Waals surface area contributed by atoms with Gasteiger partial charge in [-0.2, -0.15) is 0 Å². The van der Waals surface area contributed by atoms with Crippen LogP contribution in [0.1, 0.15) is 6.04 Å². The number of nitrogens with one attached hydrogen (secondary N) is 1. The van der Waals surface area contributed by atoms with Gasteiger partial charge in [-0.1, -0.05) is 33.3 Å². The van der Waals surface area contributed by atoms with E-state index in [1.165, 1.54) is 0 Å². The average Bonchev–Trinajstić information content (AvgIpc) is 2.65. The largest absolute Gasteiger partial charge is 0.312 e. The molecule has 0 saturated carbocycles. The lowest BCUT2D eigenvalue weighted by atomic mass is 10.1. The second-order valence-corrected chi connectivity index (χ2v) is 4.80. The molecule has 0 atom stereocenters. The molecule has 1 aromatic carbocycles. The maximum absolute atomic E-state index is 4.15. The molecule has 5 heteroatoms. The van der Waals surface area contributed by atoms with Crippen LogP contribution in [0, 0.1) is 0 Å². The Bertz CT molecular complexity index is 487. The zero-order chi connectivity index (χ0) is 11.0. The third kappa shape index (κ3) is 1.66. The molecule has 1 aliphatic heterocycles. The van der Waals surface area contributed by atoms with Crippen molar-refractivity contribution >= 4 is 15.9 Å². The second-order valence-electron chi connectivity index (χ2n) is 3.88. The minimum Gasteiger partial charge on any atom is -0.312 e. The molecule has 4 nitrogen and oxygen atoms in total. The van der Waals surface area contributed by atoms with E-state index in [2.05, 4.69) is 43.7 Å². The van der Waals surface area contributed by atoms with Crippen molar-refractivity contribution in [3.8, 4) is 11.3 Å². The summed E-state index contributed by atoms with van der Waals surface area (Å²) >= 11 is 3.43. The van der Waals surface area contributed by atoms with E-state index in [1.54, 1.807) is 0 Å². The minimum absolute atomic E-state index is 0.446. The zero-order valence-corrected chi connectivity index (χ0v) is 10.2. The van der Waals surface area contributed by atoms with Crippen LogP contribution in [-0.2, 0) is 0 Å². The van der Waals surface area contributed by atoms with E-state index in [1.807, 2.05) is 23.0 Å². The van der Waals surface area contributed by atoms with E-state index < -0.39 is 0 Å². The summed E-state index contributed by atoms with van der Waals surface area (Å²) in [4.78, 5) is 0. The van der Waals surface area contributed by atoms with E-state index in [0.29, 0.717) is 6.04 Å². The predicted octanol–water partition coefficient (Wildman–Crippen LogP) is 1.85. The van der Waals surface area contributed by atoms with Gasteiger partial charge in [-0.3, -0.25) is 0 Å². The van der Waals surface area contributed by atoms with Gasteiger partial charge in [0, 0.05) is 23.1 Å². The van der Waals surface area contributed by atoms with Gasteiger partial charge in [-0.25, -0.2) is 4.68 Å². The van der Waals surface area contributed by atoms with Crippen LogP contribution in [0.15, 0.2) is 34.9 Å². The molecule has 16 heavy (non-hydrogen) atoms. The third-order valence-electron chi connectivity index (χ3n) is 2.82. The molecule has 0 radical (unpaired) electrons. The molecule has 0 bridgehead atoms. The molecule has 0 aliphatic carbocycles. The summed E-state index contributed by atoms with van der Waals surface area (Å²) in [7, 11) is 0. The number of rotatable bonds is 2. The molecule has 1 aromatic heterocycles. The summed E-state index contributed by atoms with van der Waals surface area (Å²) < 4.78 is 3.08. The molecule has 1 N–H and O–H groups in total. The number of nitrogens with zero attached hydrogens (tertiary/aromatic N) is 3. The van der Waals surface area contributed by atoms with Crippen LogP contribution in [0.5, 0.6) is 0 Å². The highest BCUT2D eigenvalue weighted by molar-refractivity contribution is 9.10. The second kappa shape index (κ2) is 3.99. The molecular weight excluding hydrogens is 268 g/mol. The van der Waals surface area contributed by atoms with Crippen LogP contribution in [0.2, 0.25) is 0 Å². The quantitative estimate of drug-likeness (QED) is 0.912. The van der Waals surface area contributed by atoms with Gasteiger partial charge in [-0.05, 0) is 12.1 Å². The van der Waals surface area contributed by atoms with Crippen LogP contribution in [0.25, 0.3) is 11.3 Å². The SMILES string of the molecule is Brc1ccc(-c2cnnn2C2CNC2)cc1. The summed E-state index contributed by atoms with van der Waals surface area (Å²) in [5, 5.41) is 11.4. The van der Waals surface area contributed by atoms with Crippen molar-refractivity contribution in [1.29, 1.82) is 0 Å². The Morgan fingerprint density at radius 2 is 2.00 bits per heavy atom. The Kier molecular flexibility index (Phi) is 2.49. The Morgan fingerprint density at radius 3 is 2.62 bits per heavy atom. The van der Waals surface area contributed by atoms with Crippen molar-refractivity contribution in [2.75, 3.05) is 13.1 Å². The van der Waals surface area contributed by atoms with Crippen LogP contribution >= 0.6 is 15.9 Å². The van der Waals surface area contributed by atoms with Gasteiger partial charge in [0.15, 0.2) is 0 Å². The molecular formula is C11H11BrN4. The van der Waals surface area contributed by atoms with Gasteiger partial charge in [0.2, 0.25) is 0 Å². The van der Waals surface area contributed by atoms with E-state index in [-0.39, 0.29) is 0 Å². The smallest absolute Gasteiger partial charge is 0.0890 e. The molecule has 1 saturated heterocycles. The lowest BCUT2D eigenvalue weighted by Gasteiger charge is -2.28. The first-order chi connectivity index (χ1) is 7.84. The number of aromatic nitrogens is 3. The van der Waals surface area contributed by atoms with E-state index in [9.17, 15) is 0 Å². The van der Waals surface area contributed by atoms with E-state index in [0.717, 1.165) is 28.8 Å². The topological polar surface area (TPSA) is 42.7 Å². The fraction of sp³-hybridized carbons (Fsp3) is 0.273. The van der Waals surface area contributed by atoms with Gasteiger partial charge in [0.05, 0.1) is 17.9 Å². The van der Waals surface area contributed by atoms with Gasteiger partial charge >= 0.3 is 0 Å². The summed E-state index contributed by atoms with van der Waals surface area (Å²) in [6, 6.07) is 8.66. The normalized spacial score (nSPS) is 16.1. The lowest BCUT2D eigenvalue weighted by molar-refractivity contribution is 0.315. The fourth-order valence-corrected chi connectivity index (χ4v) is 2.05. The first-order valence-corrected chi connectivity index (χ1v) is 6.01. The monoisotopic (exact) mass is 278 g/mol. The summed E-state index contributed by atoms with van der Waals surface area (Å²) in [6.45, 7) is 1.96. The fourth-order valence-electron chi connectivity index (χ4n) is 1.79. The molecule has 0 spiro atoms. The average molecular weight is 279 g/mol. The Hall–Kier alpha value is -1.20. The van der Waals surface area contributed by atoms with Gasteiger partial charge in [0.25, 0.3) is 0 Å².